The predicted molar refractivity (Wildman–Crippen MR) is 76.8 cm³/mol. The first-order chi connectivity index (χ1) is 8.04. The van der Waals surface area contributed by atoms with Gasteiger partial charge in [-0.15, -0.1) is 24.8 Å². The van der Waals surface area contributed by atoms with Gasteiger partial charge >= 0.3 is 0 Å². The molecule has 19 heavy (non-hydrogen) atoms. The summed E-state index contributed by atoms with van der Waals surface area (Å²) in [5, 5.41) is 2.55. The summed E-state index contributed by atoms with van der Waals surface area (Å²) in [6.45, 7) is 0.696. The number of carbonyl (C=O) groups is 2. The maximum absolute atomic E-state index is 11.5. The number of aromatic amines is 1. The van der Waals surface area contributed by atoms with Gasteiger partial charge < -0.3 is 27.5 Å². The van der Waals surface area contributed by atoms with E-state index in [4.69, 9.17) is 17.2 Å². The Morgan fingerprint density at radius 3 is 2.32 bits per heavy atom. The molecule has 0 aliphatic rings. The van der Waals surface area contributed by atoms with Gasteiger partial charge in [0.15, 0.2) is 5.96 Å². The molecule has 0 unspecified atom stereocenters. The molecule has 8 N–H and O–H groups in total. The minimum Gasteiger partial charge on any atom is -0.370 e. The fourth-order valence-electron chi connectivity index (χ4n) is 1.11. The molecule has 0 bridgehead atoms. The molecule has 1 heterocycles. The lowest BCUT2D eigenvalue weighted by molar-refractivity contribution is 0.0950. The summed E-state index contributed by atoms with van der Waals surface area (Å²) in [6.07, 6.45) is 0. The standard InChI is InChI=1S/C9H14N6O2.2ClH/c10-3-4-13-7(16)5-1-2-6(14-5)8(17)15-9(11)12;;/h1-2,14H,3-4,10H2,(H,13,16)(H4,11,12,15,17);2*1H. The van der Waals surface area contributed by atoms with Gasteiger partial charge in [0.2, 0.25) is 0 Å². The van der Waals surface area contributed by atoms with Crippen LogP contribution >= 0.6 is 24.8 Å². The number of aliphatic imine (C=N–C) groups is 1. The van der Waals surface area contributed by atoms with Crippen LogP contribution < -0.4 is 22.5 Å². The molecule has 0 saturated heterocycles. The highest BCUT2D eigenvalue weighted by Gasteiger charge is 2.11. The van der Waals surface area contributed by atoms with E-state index in [1.165, 1.54) is 12.1 Å². The van der Waals surface area contributed by atoms with Crippen LogP contribution in [0, 0.1) is 0 Å². The fourth-order valence-corrected chi connectivity index (χ4v) is 1.11. The van der Waals surface area contributed by atoms with Gasteiger partial charge in [0.25, 0.3) is 11.8 Å². The number of nitrogens with one attached hydrogen (secondary N) is 2. The number of guanidine groups is 1. The summed E-state index contributed by atoms with van der Waals surface area (Å²) in [5.41, 5.74) is 15.7. The van der Waals surface area contributed by atoms with Crippen molar-refractivity contribution in [2.75, 3.05) is 13.1 Å². The number of rotatable bonds is 4. The van der Waals surface area contributed by atoms with Crippen molar-refractivity contribution in [2.45, 2.75) is 0 Å². The zero-order valence-electron chi connectivity index (χ0n) is 9.88. The second-order valence-corrected chi connectivity index (χ2v) is 3.17. The van der Waals surface area contributed by atoms with Crippen molar-refractivity contribution in [2.24, 2.45) is 22.2 Å². The van der Waals surface area contributed by atoms with Crippen molar-refractivity contribution in [3.05, 3.63) is 23.5 Å². The lowest BCUT2D eigenvalue weighted by Crippen LogP contribution is -2.29. The quantitative estimate of drug-likeness (QED) is 0.355. The van der Waals surface area contributed by atoms with Crippen LogP contribution in [0.5, 0.6) is 0 Å². The molecule has 10 heteroatoms. The Hall–Kier alpha value is -1.77. The number of carbonyl (C=O) groups excluding carboxylic acids is 2. The van der Waals surface area contributed by atoms with Crippen LogP contribution in [0.2, 0.25) is 0 Å². The van der Waals surface area contributed by atoms with Crippen LogP contribution in [0.15, 0.2) is 17.1 Å². The Balaban J connectivity index is 0. The first-order valence-electron chi connectivity index (χ1n) is 4.86. The number of nitrogens with two attached hydrogens (primary N) is 3. The smallest absolute Gasteiger partial charge is 0.296 e. The zero-order valence-corrected chi connectivity index (χ0v) is 11.5. The van der Waals surface area contributed by atoms with Crippen molar-refractivity contribution in [3.63, 3.8) is 0 Å². The first-order valence-corrected chi connectivity index (χ1v) is 4.86. The van der Waals surface area contributed by atoms with E-state index >= 15 is 0 Å². The molecule has 1 aromatic heterocycles. The Labute approximate surface area is 122 Å². The van der Waals surface area contributed by atoms with Gasteiger partial charge in [0.05, 0.1) is 0 Å². The monoisotopic (exact) mass is 310 g/mol. The maximum atomic E-state index is 11.5. The van der Waals surface area contributed by atoms with E-state index in [1.807, 2.05) is 0 Å². The predicted octanol–water partition coefficient (Wildman–Crippen LogP) is -1.04. The first kappa shape index (κ1) is 19.6. The highest BCUT2D eigenvalue weighted by atomic mass is 35.5. The number of halogens is 2. The second-order valence-electron chi connectivity index (χ2n) is 3.17. The van der Waals surface area contributed by atoms with Crippen LogP contribution in [0.1, 0.15) is 21.0 Å². The third-order valence-corrected chi connectivity index (χ3v) is 1.82. The van der Waals surface area contributed by atoms with Gasteiger partial charge in [-0.05, 0) is 12.1 Å². The number of nitrogens with zero attached hydrogens (tertiary/aromatic N) is 1. The number of hydrogen-bond donors (Lipinski definition) is 5. The molecule has 8 nitrogen and oxygen atoms in total. The summed E-state index contributed by atoms with van der Waals surface area (Å²) >= 11 is 0. The van der Waals surface area contributed by atoms with Crippen LogP contribution in [0.25, 0.3) is 0 Å². The van der Waals surface area contributed by atoms with Crippen LogP contribution in [-0.4, -0.2) is 35.8 Å². The Morgan fingerprint density at radius 1 is 1.21 bits per heavy atom. The molecule has 1 rings (SSSR count). The van der Waals surface area contributed by atoms with Gasteiger partial charge in [0.1, 0.15) is 11.4 Å². The zero-order chi connectivity index (χ0) is 12.8. The molecule has 0 aliphatic carbocycles. The molecule has 0 aromatic carbocycles. The van der Waals surface area contributed by atoms with E-state index in [1.54, 1.807) is 0 Å². The molecule has 1 aromatic rings. The normalized spacial score (nSPS) is 8.68. The average molecular weight is 311 g/mol. The topological polar surface area (TPSA) is 152 Å². The summed E-state index contributed by atoms with van der Waals surface area (Å²) in [6, 6.07) is 2.88. The molecule has 0 saturated carbocycles. The largest absolute Gasteiger partial charge is 0.370 e. The lowest BCUT2D eigenvalue weighted by atomic mass is 10.4. The Kier molecular flexibility index (Phi) is 9.47. The summed E-state index contributed by atoms with van der Waals surface area (Å²) in [7, 11) is 0. The number of aromatic nitrogens is 1. The van der Waals surface area contributed by atoms with E-state index in [-0.39, 0.29) is 48.1 Å². The van der Waals surface area contributed by atoms with Gasteiger partial charge in [-0.25, -0.2) is 0 Å². The highest BCUT2D eigenvalue weighted by molar-refractivity contribution is 6.02. The summed E-state index contributed by atoms with van der Waals surface area (Å²) < 4.78 is 0. The van der Waals surface area contributed by atoms with Crippen LogP contribution in [0.4, 0.5) is 0 Å². The summed E-state index contributed by atoms with van der Waals surface area (Å²) in [5.74, 6) is -1.32. The van der Waals surface area contributed by atoms with Gasteiger partial charge in [0, 0.05) is 13.1 Å². The molecule has 2 amide bonds. The average Bonchev–Trinajstić information content (AvgIpc) is 2.74. The maximum Gasteiger partial charge on any atom is 0.296 e. The summed E-state index contributed by atoms with van der Waals surface area (Å²) in [4.78, 5) is 28.8. The highest BCUT2D eigenvalue weighted by Crippen LogP contribution is 2.03. The van der Waals surface area contributed by atoms with Crippen molar-refractivity contribution in [1.29, 1.82) is 0 Å². The molecule has 0 fully saturated rings. The number of H-pyrrole nitrogens is 1. The van der Waals surface area contributed by atoms with E-state index in [9.17, 15) is 9.59 Å². The van der Waals surface area contributed by atoms with E-state index < -0.39 is 5.91 Å². The van der Waals surface area contributed by atoms with Crippen LogP contribution in [0.3, 0.4) is 0 Å². The van der Waals surface area contributed by atoms with Crippen molar-refractivity contribution < 1.29 is 9.59 Å². The lowest BCUT2D eigenvalue weighted by Gasteiger charge is -2.00. The molecule has 0 spiro atoms. The van der Waals surface area contributed by atoms with Crippen molar-refractivity contribution in [3.8, 4) is 0 Å². The Bertz CT molecular complexity index is 455. The molecular weight excluding hydrogens is 295 g/mol. The number of amides is 2. The fraction of sp³-hybridized carbons (Fsp3) is 0.222. The molecule has 0 radical (unpaired) electrons. The number of hydrogen-bond acceptors (Lipinski definition) is 3. The van der Waals surface area contributed by atoms with Gasteiger partial charge in [-0.1, -0.05) is 0 Å². The van der Waals surface area contributed by atoms with Crippen LogP contribution in [-0.2, 0) is 0 Å². The third-order valence-electron chi connectivity index (χ3n) is 1.82. The molecule has 0 atom stereocenters. The van der Waals surface area contributed by atoms with Crippen molar-refractivity contribution >= 4 is 42.6 Å². The SMILES string of the molecule is Cl.Cl.NCCNC(=O)c1ccc(C(=O)N=C(N)N)[nH]1. The third kappa shape index (κ3) is 6.09. The molecule has 108 valence electrons. The molecular formula is C9H16Cl2N6O2. The second kappa shape index (κ2) is 9.20. The molecule has 0 aliphatic heterocycles. The minimum absolute atomic E-state index is 0. The van der Waals surface area contributed by atoms with Gasteiger partial charge in [-0.3, -0.25) is 9.59 Å². The van der Waals surface area contributed by atoms with Crippen molar-refractivity contribution in [1.82, 2.24) is 10.3 Å². The van der Waals surface area contributed by atoms with Gasteiger partial charge in [-0.2, -0.15) is 4.99 Å². The Morgan fingerprint density at radius 2 is 1.79 bits per heavy atom. The minimum atomic E-state index is -0.636. The van der Waals surface area contributed by atoms with E-state index in [2.05, 4.69) is 15.3 Å². The van der Waals surface area contributed by atoms with E-state index in [0.717, 1.165) is 0 Å². The van der Waals surface area contributed by atoms with E-state index in [0.29, 0.717) is 13.1 Å².